The molecule has 4 aliphatic heterocycles. The van der Waals surface area contributed by atoms with Crippen molar-refractivity contribution in [1.29, 1.82) is 0 Å². The molecule has 4 amide bonds. The molecule has 4 aromatic heterocycles. The number of aromatic nitrogens is 8. The minimum absolute atomic E-state index is 0.00903. The molecule has 8 heterocycles. The van der Waals surface area contributed by atoms with E-state index in [9.17, 15) is 66.8 Å². The normalized spacial score (nSPS) is 14.3. The number of fused-ring (bicyclic) bond motifs is 4. The first kappa shape index (κ1) is 89.3. The van der Waals surface area contributed by atoms with Crippen LogP contribution in [0.3, 0.4) is 0 Å². The monoisotopic (exact) mass is 1770 g/mol. The van der Waals surface area contributed by atoms with Gasteiger partial charge < -0.3 is 47.6 Å². The van der Waals surface area contributed by atoms with Crippen molar-refractivity contribution in [3.63, 3.8) is 0 Å². The van der Waals surface area contributed by atoms with Gasteiger partial charge in [0.15, 0.2) is 0 Å². The van der Waals surface area contributed by atoms with E-state index < -0.39 is 77.2 Å². The lowest BCUT2D eigenvalue weighted by Crippen LogP contribution is -2.32. The molecule has 0 saturated carbocycles. The van der Waals surface area contributed by atoms with Crippen molar-refractivity contribution < 1.29 is 71.9 Å². The second-order valence-corrected chi connectivity index (χ2v) is 34.9. The molecule has 4 unspecified atom stereocenters. The number of halogens is 5. The van der Waals surface area contributed by atoms with Crippen LogP contribution in [0.15, 0.2) is 203 Å². The van der Waals surface area contributed by atoms with Gasteiger partial charge in [-0.25, -0.2) is 63.0 Å². The molecule has 124 heavy (non-hydrogen) atoms. The van der Waals surface area contributed by atoms with Gasteiger partial charge in [-0.1, -0.05) is 109 Å². The van der Waals surface area contributed by atoms with Crippen LogP contribution in [0.1, 0.15) is 127 Å². The van der Waals surface area contributed by atoms with E-state index in [0.29, 0.717) is 148 Å². The Kier molecular flexibility index (Phi) is 27.4. The quantitative estimate of drug-likeness (QED) is 0.0251. The maximum absolute atomic E-state index is 14.3. The fourth-order valence-corrected chi connectivity index (χ4v) is 17.2. The second-order valence-electron chi connectivity index (χ2n) is 29.8. The Labute approximate surface area is 714 Å². The fourth-order valence-electron chi connectivity index (χ4n) is 15.5. The number of carbonyl (C=O) groups is 5. The third-order valence-electron chi connectivity index (χ3n) is 21.8. The third kappa shape index (κ3) is 20.1. The number of hydrogen-bond acceptors (Lipinski definition) is 19. The number of H-pyrrole nitrogens is 4. The van der Waals surface area contributed by atoms with Crippen molar-refractivity contribution in [3.8, 4) is 45.0 Å². The number of carbonyl (C=O) groups excluding carboxylic acids is 4. The van der Waals surface area contributed by atoms with Gasteiger partial charge in [0, 0.05) is 50.1 Å². The number of carboxylic acid groups (broad SMARTS) is 1. The summed E-state index contributed by atoms with van der Waals surface area (Å²) in [4.78, 5) is 70.9. The molecule has 4 aliphatic rings. The number of aromatic amines is 4. The molecule has 12 aromatic rings. The van der Waals surface area contributed by atoms with Crippen molar-refractivity contribution in [2.45, 2.75) is 116 Å². The van der Waals surface area contributed by atoms with Gasteiger partial charge in [-0.2, -0.15) is 20.4 Å². The number of nitrogens with zero attached hydrogens (tertiary/aromatic N) is 8. The first-order valence-electron chi connectivity index (χ1n) is 38.9. The first-order chi connectivity index (χ1) is 59.2. The van der Waals surface area contributed by atoms with E-state index in [-0.39, 0.29) is 61.3 Å². The number of amides is 4. The van der Waals surface area contributed by atoms with Crippen molar-refractivity contribution in [3.05, 3.63) is 289 Å². The Bertz CT molecular complexity index is 6330. The van der Waals surface area contributed by atoms with Gasteiger partial charge in [0.1, 0.15) is 23.3 Å². The SMILES string of the molecule is NCCC(C(=O)N1Cc2[nH]nc(-c3ccc(C(=O)O)cc3)c2C1)c1ccc(F)c(Cl)c1.NCCC(C(=O)N1Cc2[nH]nc(-c3ccc(S(N)(=O)=O)cc3)c2C1)c1ccc(F)cc1.NCCC(C(=O)N1Cc2[nH]nc(-c3ccc(S(N)(=O)=O)cc3)c2C1)c1cccc(F)c1.NCCC(C(=O)N1Cc2[nH]nc(-c3ccc(S(N)(=O)=O)cc3)c2C1)c1ccccc1F. The zero-order chi connectivity index (χ0) is 88.6. The smallest absolute Gasteiger partial charge is 0.335 e. The van der Waals surface area contributed by atoms with Gasteiger partial charge in [-0.05, 0) is 160 Å². The standard InChI is InChI=1S/C22H20ClFN4O3.3C21H22FN5O3S/c23-17-9-14(5-6-18(17)24)15(7-8-25)21(29)28-10-16-19(11-28)26-27-20(16)12-1-3-13(4-2-12)22(30)31;22-15-5-1-13(2-6-15)17(9-10-23)21(28)27-11-18-19(12-27)25-26-20(18)14-3-7-16(8-4-14)31(24,29)30;22-15-3-1-2-14(10-15)17(8-9-23)21(28)27-11-18-19(12-27)25-26-20(18)13-4-6-16(7-5-13)31(24,29)30;22-18-4-2-1-3-15(18)16(9-10-23)21(28)27-11-17-19(12-27)25-26-20(17)13-5-7-14(8-6-13)31(24,29)30/h1-6,9,15H,7-8,10-11,25H2,(H,26,27)(H,30,31);1-8,17H,9-12,23H2,(H,25,26)(H2,24,29,30);1-7,10,17H,8-9,11-12,23H2,(H,25,26)(H2,24,29,30);1-8,16H,9-12,23H2,(H,25,26)(H2,24,29,30). The summed E-state index contributed by atoms with van der Waals surface area (Å²) in [5.74, 6) is -5.43. The zero-order valence-electron chi connectivity index (χ0n) is 66.2. The van der Waals surface area contributed by atoms with Crippen molar-refractivity contribution in [1.82, 2.24) is 60.4 Å². The number of nitrogens with one attached hydrogen (secondary N) is 4. The van der Waals surface area contributed by atoms with E-state index in [0.717, 1.165) is 61.7 Å². The van der Waals surface area contributed by atoms with Crippen LogP contribution in [-0.4, -0.2) is 147 Å². The Morgan fingerprint density at radius 2 is 0.694 bits per heavy atom. The number of aromatic carboxylic acids is 1. The molecule has 31 nitrogen and oxygen atoms in total. The van der Waals surface area contributed by atoms with Gasteiger partial charge in [-0.15, -0.1) is 0 Å². The highest BCUT2D eigenvalue weighted by Crippen LogP contribution is 2.40. The summed E-state index contributed by atoms with van der Waals surface area (Å²) in [7, 11) is -11.3. The van der Waals surface area contributed by atoms with E-state index in [1.54, 1.807) is 117 Å². The topological polar surface area (TPSA) is 518 Å². The lowest BCUT2D eigenvalue weighted by atomic mass is 9.93. The van der Waals surface area contributed by atoms with Crippen molar-refractivity contribution in [2.24, 2.45) is 38.4 Å². The largest absolute Gasteiger partial charge is 0.478 e. The molecule has 0 aliphatic carbocycles. The molecular weight excluding hydrogens is 1690 g/mol. The van der Waals surface area contributed by atoms with E-state index in [2.05, 4.69) is 40.8 Å². The minimum atomic E-state index is -3.79. The molecule has 39 heteroatoms. The van der Waals surface area contributed by atoms with Crippen LogP contribution in [0.25, 0.3) is 45.0 Å². The maximum atomic E-state index is 14.3. The predicted molar refractivity (Wildman–Crippen MR) is 450 cm³/mol. The second kappa shape index (κ2) is 38.1. The molecule has 0 fully saturated rings. The summed E-state index contributed by atoms with van der Waals surface area (Å²) in [6.07, 6.45) is 1.61. The number of carboxylic acids is 1. The molecule has 19 N–H and O–H groups in total. The number of rotatable bonds is 24. The zero-order valence-corrected chi connectivity index (χ0v) is 69.4. The first-order valence-corrected chi connectivity index (χ1v) is 43.9. The number of hydrogen-bond donors (Lipinski definition) is 12. The van der Waals surface area contributed by atoms with E-state index in [1.807, 2.05) is 0 Å². The molecular formula is C85H86ClF4N19O12S3. The number of sulfonamides is 3. The van der Waals surface area contributed by atoms with Gasteiger partial charge in [0.05, 0.1) is 147 Å². The van der Waals surface area contributed by atoms with E-state index in [4.69, 9.17) is 55.1 Å². The van der Waals surface area contributed by atoms with Gasteiger partial charge in [0.2, 0.25) is 53.7 Å². The molecule has 0 bridgehead atoms. The van der Waals surface area contributed by atoms with E-state index >= 15 is 0 Å². The van der Waals surface area contributed by atoms with Crippen LogP contribution >= 0.6 is 11.6 Å². The summed E-state index contributed by atoms with van der Waals surface area (Å²) in [5, 5.41) is 53.7. The molecule has 0 spiro atoms. The van der Waals surface area contributed by atoms with Crippen LogP contribution in [0, 0.1) is 23.3 Å². The predicted octanol–water partition coefficient (Wildman–Crippen LogP) is 9.06. The van der Waals surface area contributed by atoms with Crippen molar-refractivity contribution in [2.75, 3.05) is 26.2 Å². The summed E-state index contributed by atoms with van der Waals surface area (Å²) >= 11 is 5.92. The maximum Gasteiger partial charge on any atom is 0.335 e. The third-order valence-corrected chi connectivity index (χ3v) is 24.9. The highest BCUT2D eigenvalue weighted by molar-refractivity contribution is 7.89. The number of primary sulfonamides is 3. The van der Waals surface area contributed by atoms with Gasteiger partial charge in [-0.3, -0.25) is 39.6 Å². The Morgan fingerprint density at radius 1 is 0.371 bits per heavy atom. The van der Waals surface area contributed by atoms with Crippen LogP contribution in [0.5, 0.6) is 0 Å². The van der Waals surface area contributed by atoms with Crippen LogP contribution in [0.2, 0.25) is 5.02 Å². The van der Waals surface area contributed by atoms with Gasteiger partial charge >= 0.3 is 5.97 Å². The summed E-state index contributed by atoms with van der Waals surface area (Å²) in [6, 6.07) is 47.2. The van der Waals surface area contributed by atoms with Crippen molar-refractivity contribution >= 4 is 71.3 Å². The summed E-state index contributed by atoms with van der Waals surface area (Å²) in [6.45, 7) is 3.98. The lowest BCUT2D eigenvalue weighted by Gasteiger charge is -2.23. The molecule has 8 aromatic carbocycles. The molecule has 4 atom stereocenters. The van der Waals surface area contributed by atoms with Crippen LogP contribution in [0.4, 0.5) is 17.6 Å². The molecule has 0 radical (unpaired) electrons. The Morgan fingerprint density at radius 3 is 1.02 bits per heavy atom. The average Bonchev–Trinajstić information content (AvgIpc) is 1.64. The average molecular weight is 1770 g/mol. The van der Waals surface area contributed by atoms with Gasteiger partial charge in [0.25, 0.3) is 0 Å². The molecule has 646 valence electrons. The van der Waals surface area contributed by atoms with Crippen LogP contribution < -0.4 is 38.4 Å². The minimum Gasteiger partial charge on any atom is -0.478 e. The fraction of sp³-hybridized carbons (Fsp3) is 0.235. The number of nitrogens with two attached hydrogens (primary N) is 7. The highest BCUT2D eigenvalue weighted by Gasteiger charge is 2.39. The summed E-state index contributed by atoms with van der Waals surface area (Å²) in [5.41, 5.74) is 37.6. The lowest BCUT2D eigenvalue weighted by molar-refractivity contribution is -0.134. The van der Waals surface area contributed by atoms with Crippen LogP contribution in [-0.2, 0) is 102 Å². The highest BCUT2D eigenvalue weighted by atomic mass is 35.5. The molecule has 0 saturated heterocycles. The summed E-state index contributed by atoms with van der Waals surface area (Å²) < 4.78 is 124. The molecule has 16 rings (SSSR count). The Hall–Kier alpha value is -12.5. The van der Waals surface area contributed by atoms with E-state index in [1.165, 1.54) is 91.0 Å². The Balaban J connectivity index is 0.000000142. The number of benzene rings is 8.